The molecule has 2 saturated heterocycles. The van der Waals surface area contributed by atoms with Gasteiger partial charge in [0.25, 0.3) is 0 Å². The summed E-state index contributed by atoms with van der Waals surface area (Å²) in [6.45, 7) is 3.00. The molecule has 0 aromatic heterocycles. The molecule has 0 radical (unpaired) electrons. The zero-order chi connectivity index (χ0) is 33.7. The quantitative estimate of drug-likeness (QED) is 0.207. The van der Waals surface area contributed by atoms with Gasteiger partial charge >= 0.3 is 5.97 Å². The summed E-state index contributed by atoms with van der Waals surface area (Å²) in [5.41, 5.74) is 1.60. The summed E-state index contributed by atoms with van der Waals surface area (Å²) in [6.07, 6.45) is 0.483. The number of amides is 2. The second kappa shape index (κ2) is 12.5. The minimum Gasteiger partial charge on any atom is -0.494 e. The maximum absolute atomic E-state index is 16.3. The molecule has 11 heteroatoms. The number of carbonyl (C=O) groups excluding carboxylic acids is 3. The molecular formula is C37H32Cl2FN3O5. The predicted molar refractivity (Wildman–Crippen MR) is 181 cm³/mol. The van der Waals surface area contributed by atoms with Crippen LogP contribution in [0.2, 0.25) is 10.0 Å². The van der Waals surface area contributed by atoms with Crippen molar-refractivity contribution >= 4 is 52.4 Å². The topological polar surface area (TPSA) is 88.2 Å². The molecule has 0 bridgehead atoms. The third-order valence-corrected chi connectivity index (χ3v) is 10.3. The highest BCUT2D eigenvalue weighted by Crippen LogP contribution is 2.62. The second-order valence-corrected chi connectivity index (χ2v) is 13.0. The van der Waals surface area contributed by atoms with Crippen molar-refractivity contribution in [3.8, 4) is 5.75 Å². The van der Waals surface area contributed by atoms with E-state index in [9.17, 15) is 14.4 Å². The van der Waals surface area contributed by atoms with Gasteiger partial charge < -0.3 is 19.7 Å². The minimum absolute atomic E-state index is 0.102. The summed E-state index contributed by atoms with van der Waals surface area (Å²) in [5.74, 6) is -2.94. The van der Waals surface area contributed by atoms with Gasteiger partial charge in [0.2, 0.25) is 11.8 Å². The maximum Gasteiger partial charge on any atom is 0.337 e. The largest absolute Gasteiger partial charge is 0.494 e. The fourth-order valence-electron chi connectivity index (χ4n) is 7.87. The first-order chi connectivity index (χ1) is 23.2. The van der Waals surface area contributed by atoms with E-state index in [0.29, 0.717) is 52.8 Å². The maximum atomic E-state index is 16.3. The molecule has 3 aliphatic rings. The molecule has 246 valence electrons. The van der Waals surface area contributed by atoms with E-state index in [2.05, 4.69) is 10.2 Å². The SMILES string of the molecule is CCOc1cccc(CN2[C@@H]3CCN(c4ccc(C(=O)OC)cc4)C(=O)[C@@H]3[C@@H](c3cccc(Cl)c3F)[C@@]23C(=O)Nc2cc(Cl)ccc23)c1. The van der Waals surface area contributed by atoms with Gasteiger partial charge in [-0.1, -0.05) is 53.5 Å². The summed E-state index contributed by atoms with van der Waals surface area (Å²) >= 11 is 12.8. The lowest BCUT2D eigenvalue weighted by atomic mass is 9.70. The van der Waals surface area contributed by atoms with E-state index < -0.39 is 35.2 Å². The van der Waals surface area contributed by atoms with Crippen LogP contribution in [-0.4, -0.2) is 49.0 Å². The number of nitrogens with one attached hydrogen (secondary N) is 1. The zero-order valence-electron chi connectivity index (χ0n) is 26.2. The Bertz CT molecular complexity index is 1940. The molecule has 0 saturated carbocycles. The van der Waals surface area contributed by atoms with Crippen molar-refractivity contribution < 1.29 is 28.2 Å². The lowest BCUT2D eigenvalue weighted by Gasteiger charge is -2.40. The van der Waals surface area contributed by atoms with Crippen LogP contribution in [-0.2, 0) is 26.4 Å². The number of methoxy groups -OCH3 is 1. The normalized spacial score (nSPS) is 23.2. The molecule has 2 fully saturated rings. The van der Waals surface area contributed by atoms with Crippen molar-refractivity contribution in [3.05, 3.63) is 123 Å². The number of fused-ring (bicyclic) bond motifs is 3. The Morgan fingerprint density at radius 3 is 2.54 bits per heavy atom. The van der Waals surface area contributed by atoms with E-state index in [1.165, 1.54) is 13.2 Å². The molecule has 3 heterocycles. The number of ether oxygens (including phenoxy) is 2. The molecule has 7 rings (SSSR count). The van der Waals surface area contributed by atoms with Crippen LogP contribution in [0.15, 0.2) is 84.9 Å². The van der Waals surface area contributed by atoms with Crippen molar-refractivity contribution in [2.45, 2.75) is 37.4 Å². The number of anilines is 2. The van der Waals surface area contributed by atoms with Crippen LogP contribution in [0.3, 0.4) is 0 Å². The number of likely N-dealkylation sites (tertiary alicyclic amines) is 1. The fraction of sp³-hybridized carbons (Fsp3) is 0.270. The van der Waals surface area contributed by atoms with Crippen molar-refractivity contribution in [2.75, 3.05) is 30.5 Å². The van der Waals surface area contributed by atoms with Crippen molar-refractivity contribution in [3.63, 3.8) is 0 Å². The average Bonchev–Trinajstić information content (AvgIpc) is 3.53. The number of piperidine rings is 1. The molecule has 4 aromatic rings. The number of rotatable bonds is 7. The first-order valence-corrected chi connectivity index (χ1v) is 16.5. The van der Waals surface area contributed by atoms with Crippen molar-refractivity contribution in [1.82, 2.24) is 4.90 Å². The molecule has 8 nitrogen and oxygen atoms in total. The van der Waals surface area contributed by atoms with E-state index >= 15 is 4.39 Å². The predicted octanol–water partition coefficient (Wildman–Crippen LogP) is 7.19. The van der Waals surface area contributed by atoms with Crippen LogP contribution in [0.25, 0.3) is 0 Å². The van der Waals surface area contributed by atoms with Gasteiger partial charge in [0.05, 0.1) is 30.2 Å². The molecular weight excluding hydrogens is 656 g/mol. The molecule has 1 N–H and O–H groups in total. The number of nitrogens with zero attached hydrogens (tertiary/aromatic N) is 2. The van der Waals surface area contributed by atoms with Gasteiger partial charge in [0.15, 0.2) is 0 Å². The first-order valence-electron chi connectivity index (χ1n) is 15.7. The highest BCUT2D eigenvalue weighted by Gasteiger charge is 2.69. The second-order valence-electron chi connectivity index (χ2n) is 12.1. The Kier molecular flexibility index (Phi) is 8.39. The molecule has 48 heavy (non-hydrogen) atoms. The van der Waals surface area contributed by atoms with Gasteiger partial charge in [-0.05, 0) is 79.1 Å². The number of benzene rings is 4. The summed E-state index contributed by atoms with van der Waals surface area (Å²) in [6, 6.07) is 23.7. The summed E-state index contributed by atoms with van der Waals surface area (Å²) < 4.78 is 26.9. The average molecular weight is 689 g/mol. The zero-order valence-corrected chi connectivity index (χ0v) is 27.7. The smallest absolute Gasteiger partial charge is 0.337 e. The Morgan fingerprint density at radius 2 is 1.79 bits per heavy atom. The molecule has 4 atom stereocenters. The first kappa shape index (κ1) is 32.1. The lowest BCUT2D eigenvalue weighted by Crippen LogP contribution is -2.53. The minimum atomic E-state index is -1.50. The molecule has 0 aliphatic carbocycles. The van der Waals surface area contributed by atoms with Gasteiger partial charge in [0.1, 0.15) is 17.1 Å². The van der Waals surface area contributed by atoms with Crippen LogP contribution in [0, 0.1) is 11.7 Å². The van der Waals surface area contributed by atoms with Gasteiger partial charge in [0, 0.05) is 47.0 Å². The Labute approximate surface area is 287 Å². The highest BCUT2D eigenvalue weighted by atomic mass is 35.5. The summed E-state index contributed by atoms with van der Waals surface area (Å²) in [5, 5.41) is 3.36. The number of hydrogen-bond acceptors (Lipinski definition) is 6. The molecule has 4 aromatic carbocycles. The molecule has 2 amide bonds. The van der Waals surface area contributed by atoms with Crippen LogP contribution in [0.5, 0.6) is 5.75 Å². The van der Waals surface area contributed by atoms with Crippen LogP contribution >= 0.6 is 23.2 Å². The fourth-order valence-corrected chi connectivity index (χ4v) is 8.22. The van der Waals surface area contributed by atoms with E-state index in [-0.39, 0.29) is 28.9 Å². The van der Waals surface area contributed by atoms with E-state index in [0.717, 1.165) is 5.56 Å². The van der Waals surface area contributed by atoms with E-state index in [1.807, 2.05) is 31.2 Å². The summed E-state index contributed by atoms with van der Waals surface area (Å²) in [4.78, 5) is 45.4. The van der Waals surface area contributed by atoms with Crippen LogP contribution in [0.1, 0.15) is 46.3 Å². The number of hydrogen-bond donors (Lipinski definition) is 1. The van der Waals surface area contributed by atoms with Crippen LogP contribution in [0.4, 0.5) is 15.8 Å². The molecule has 1 spiro atoms. The third kappa shape index (κ3) is 5.03. The number of halogens is 3. The van der Waals surface area contributed by atoms with Crippen LogP contribution < -0.4 is 15.0 Å². The summed E-state index contributed by atoms with van der Waals surface area (Å²) in [7, 11) is 1.31. The standard InChI is InChI=1S/C37H32Cl2FN3O5/c1-3-48-25-7-4-6-21(18-25)20-43-30-16-17-42(24-13-10-22(11-14-24)35(45)47-2)34(44)31(30)32(26-8-5-9-28(39)33(26)40)37(43)27-15-12-23(38)19-29(27)41-36(37)46/h4-15,18-19,30-32H,3,16-17,20H2,1-2H3,(H,41,46)/t30-,31+,32-,37+/m1/s1. The van der Waals surface area contributed by atoms with Crippen molar-refractivity contribution in [1.29, 1.82) is 0 Å². The molecule has 0 unspecified atom stereocenters. The Hall–Kier alpha value is -4.44. The van der Waals surface area contributed by atoms with Gasteiger partial charge in [-0.25, -0.2) is 9.18 Å². The lowest BCUT2D eigenvalue weighted by molar-refractivity contribution is -0.128. The van der Waals surface area contributed by atoms with E-state index in [1.54, 1.807) is 59.5 Å². The Morgan fingerprint density at radius 1 is 1.02 bits per heavy atom. The Balaban J connectivity index is 1.43. The van der Waals surface area contributed by atoms with Gasteiger partial charge in [-0.2, -0.15) is 0 Å². The van der Waals surface area contributed by atoms with Crippen molar-refractivity contribution in [2.24, 2.45) is 5.92 Å². The number of carbonyl (C=O) groups is 3. The monoisotopic (exact) mass is 687 g/mol. The van der Waals surface area contributed by atoms with E-state index in [4.69, 9.17) is 32.7 Å². The third-order valence-electron chi connectivity index (χ3n) is 9.74. The van der Waals surface area contributed by atoms with Gasteiger partial charge in [-0.3, -0.25) is 14.5 Å². The van der Waals surface area contributed by atoms with Gasteiger partial charge in [-0.15, -0.1) is 0 Å². The number of esters is 1. The highest BCUT2D eigenvalue weighted by molar-refractivity contribution is 6.31. The molecule has 3 aliphatic heterocycles.